The summed E-state index contributed by atoms with van der Waals surface area (Å²) in [4.78, 5) is 6.71. The Balaban J connectivity index is 1.79. The lowest BCUT2D eigenvalue weighted by Crippen LogP contribution is -2.47. The van der Waals surface area contributed by atoms with Crippen molar-refractivity contribution in [3.05, 3.63) is 5.82 Å². The fourth-order valence-corrected chi connectivity index (χ4v) is 2.43. The Morgan fingerprint density at radius 2 is 2.19 bits per heavy atom. The van der Waals surface area contributed by atoms with E-state index in [4.69, 9.17) is 4.52 Å². The molecule has 1 aromatic heterocycles. The molecule has 88 valence electrons. The first-order valence-electron chi connectivity index (χ1n) is 6.14. The van der Waals surface area contributed by atoms with E-state index in [-0.39, 0.29) is 0 Å². The van der Waals surface area contributed by atoms with Crippen LogP contribution in [0.2, 0.25) is 0 Å². The zero-order valence-electron chi connectivity index (χ0n) is 9.65. The van der Waals surface area contributed by atoms with Crippen LogP contribution in [0, 0.1) is 6.92 Å². The summed E-state index contributed by atoms with van der Waals surface area (Å²) in [5.41, 5.74) is 0. The number of hydrogen-bond acceptors (Lipinski definition) is 5. The smallest absolute Gasteiger partial charge is 0.317 e. The predicted molar refractivity (Wildman–Crippen MR) is 60.4 cm³/mol. The molecular weight excluding hydrogens is 204 g/mol. The maximum Gasteiger partial charge on any atom is 0.324 e. The van der Waals surface area contributed by atoms with Crippen molar-refractivity contribution in [2.45, 2.75) is 44.7 Å². The van der Waals surface area contributed by atoms with Gasteiger partial charge in [0.2, 0.25) is 0 Å². The first-order chi connectivity index (χ1) is 7.84. The molecule has 5 heteroatoms. The van der Waals surface area contributed by atoms with Gasteiger partial charge in [-0.25, -0.2) is 0 Å². The van der Waals surface area contributed by atoms with Crippen molar-refractivity contribution in [2.24, 2.45) is 0 Å². The Morgan fingerprint density at radius 1 is 1.31 bits per heavy atom. The van der Waals surface area contributed by atoms with Crippen molar-refractivity contribution >= 4 is 6.01 Å². The Kier molecular flexibility index (Phi) is 2.55. The van der Waals surface area contributed by atoms with Crippen LogP contribution in [0.1, 0.15) is 31.5 Å². The number of nitrogens with one attached hydrogen (secondary N) is 1. The molecule has 1 aromatic rings. The fourth-order valence-electron chi connectivity index (χ4n) is 2.43. The summed E-state index contributed by atoms with van der Waals surface area (Å²) in [6.45, 7) is 4.05. The third kappa shape index (κ3) is 1.91. The standard InChI is InChI=1S/C11H18N4O/c1-8-13-11(16-14-8)15(9-4-5-9)10-3-2-6-12-7-10/h9-10,12H,2-7H2,1H3. The van der Waals surface area contributed by atoms with Gasteiger partial charge in [-0.3, -0.25) is 0 Å². The first kappa shape index (κ1) is 10.1. The van der Waals surface area contributed by atoms with Gasteiger partial charge in [0.15, 0.2) is 5.82 Å². The predicted octanol–water partition coefficient (Wildman–Crippen LogP) is 1.10. The average Bonchev–Trinajstić information content (AvgIpc) is 3.04. The van der Waals surface area contributed by atoms with Gasteiger partial charge in [-0.2, -0.15) is 4.98 Å². The molecule has 3 rings (SSSR count). The zero-order valence-corrected chi connectivity index (χ0v) is 9.65. The minimum absolute atomic E-state index is 0.529. The SMILES string of the molecule is Cc1noc(N(C2CC2)C2CCCNC2)n1. The van der Waals surface area contributed by atoms with Crippen LogP contribution in [0.25, 0.3) is 0 Å². The molecule has 0 bridgehead atoms. The molecule has 1 saturated carbocycles. The van der Waals surface area contributed by atoms with E-state index >= 15 is 0 Å². The summed E-state index contributed by atoms with van der Waals surface area (Å²) < 4.78 is 5.32. The summed E-state index contributed by atoms with van der Waals surface area (Å²) in [5.74, 6) is 0.726. The van der Waals surface area contributed by atoms with Gasteiger partial charge in [0.25, 0.3) is 0 Å². The van der Waals surface area contributed by atoms with E-state index < -0.39 is 0 Å². The molecule has 1 atom stereocenters. The lowest BCUT2D eigenvalue weighted by Gasteiger charge is -2.33. The number of aryl methyl sites for hydroxylation is 1. The number of anilines is 1. The van der Waals surface area contributed by atoms with Crippen molar-refractivity contribution in [1.82, 2.24) is 15.5 Å². The van der Waals surface area contributed by atoms with Gasteiger partial charge in [0, 0.05) is 18.6 Å². The van der Waals surface area contributed by atoms with E-state index in [1.54, 1.807) is 0 Å². The highest BCUT2D eigenvalue weighted by Crippen LogP contribution is 2.33. The Hall–Kier alpha value is -1.10. The van der Waals surface area contributed by atoms with E-state index in [9.17, 15) is 0 Å². The third-order valence-electron chi connectivity index (χ3n) is 3.34. The lowest BCUT2D eigenvalue weighted by atomic mass is 10.1. The molecule has 1 unspecified atom stereocenters. The van der Waals surface area contributed by atoms with Gasteiger partial charge < -0.3 is 14.7 Å². The number of piperidine rings is 1. The quantitative estimate of drug-likeness (QED) is 0.830. The van der Waals surface area contributed by atoms with Gasteiger partial charge in [-0.1, -0.05) is 5.16 Å². The molecule has 1 saturated heterocycles. The zero-order chi connectivity index (χ0) is 11.0. The lowest BCUT2D eigenvalue weighted by molar-refractivity contribution is 0.366. The Morgan fingerprint density at radius 3 is 2.75 bits per heavy atom. The molecule has 0 radical (unpaired) electrons. The van der Waals surface area contributed by atoms with E-state index in [0.29, 0.717) is 18.1 Å². The third-order valence-corrected chi connectivity index (χ3v) is 3.34. The number of rotatable bonds is 3. The summed E-state index contributed by atoms with van der Waals surface area (Å²) >= 11 is 0. The van der Waals surface area contributed by atoms with Crippen LogP contribution in [0.3, 0.4) is 0 Å². The van der Waals surface area contributed by atoms with Crippen molar-refractivity contribution in [3.8, 4) is 0 Å². The van der Waals surface area contributed by atoms with Crippen molar-refractivity contribution in [1.29, 1.82) is 0 Å². The monoisotopic (exact) mass is 222 g/mol. The number of aromatic nitrogens is 2. The minimum Gasteiger partial charge on any atom is -0.317 e. The molecule has 1 N–H and O–H groups in total. The van der Waals surface area contributed by atoms with E-state index in [1.807, 2.05) is 6.92 Å². The van der Waals surface area contributed by atoms with Crippen molar-refractivity contribution in [3.63, 3.8) is 0 Å². The van der Waals surface area contributed by atoms with Gasteiger partial charge in [-0.05, 0) is 39.2 Å². The summed E-state index contributed by atoms with van der Waals surface area (Å²) in [5, 5.41) is 7.34. The molecule has 5 nitrogen and oxygen atoms in total. The highest BCUT2D eigenvalue weighted by Gasteiger charge is 2.37. The molecule has 2 heterocycles. The van der Waals surface area contributed by atoms with Crippen molar-refractivity contribution in [2.75, 3.05) is 18.0 Å². The van der Waals surface area contributed by atoms with Crippen LogP contribution in [0.4, 0.5) is 6.01 Å². The number of nitrogens with zero attached hydrogens (tertiary/aromatic N) is 3. The minimum atomic E-state index is 0.529. The summed E-state index contributed by atoms with van der Waals surface area (Å²) in [6, 6.07) is 1.87. The van der Waals surface area contributed by atoms with Gasteiger partial charge >= 0.3 is 6.01 Å². The van der Waals surface area contributed by atoms with E-state index in [0.717, 1.165) is 18.9 Å². The molecule has 16 heavy (non-hydrogen) atoms. The normalized spacial score (nSPS) is 25.7. The summed E-state index contributed by atoms with van der Waals surface area (Å²) in [6.07, 6.45) is 4.99. The highest BCUT2D eigenvalue weighted by molar-refractivity contribution is 5.33. The van der Waals surface area contributed by atoms with Crippen molar-refractivity contribution < 1.29 is 4.52 Å². The molecular formula is C11H18N4O. The van der Waals surface area contributed by atoms with Gasteiger partial charge in [-0.15, -0.1) is 0 Å². The van der Waals surface area contributed by atoms with E-state index in [2.05, 4.69) is 20.4 Å². The second-order valence-corrected chi connectivity index (χ2v) is 4.76. The molecule has 2 fully saturated rings. The van der Waals surface area contributed by atoms with Crippen LogP contribution in [0.5, 0.6) is 0 Å². The molecule has 1 aliphatic heterocycles. The van der Waals surface area contributed by atoms with Crippen LogP contribution < -0.4 is 10.2 Å². The highest BCUT2D eigenvalue weighted by atomic mass is 16.5. The summed E-state index contributed by atoms with van der Waals surface area (Å²) in [7, 11) is 0. The maximum absolute atomic E-state index is 5.32. The van der Waals surface area contributed by atoms with Gasteiger partial charge in [0.05, 0.1) is 0 Å². The second kappa shape index (κ2) is 4.05. The van der Waals surface area contributed by atoms with Crippen LogP contribution in [-0.4, -0.2) is 35.3 Å². The van der Waals surface area contributed by atoms with Crippen LogP contribution in [0.15, 0.2) is 4.52 Å². The Bertz CT molecular complexity index is 355. The Labute approximate surface area is 95.2 Å². The van der Waals surface area contributed by atoms with E-state index in [1.165, 1.54) is 25.7 Å². The molecule has 0 amide bonds. The topological polar surface area (TPSA) is 54.2 Å². The molecule has 1 aliphatic carbocycles. The fraction of sp³-hybridized carbons (Fsp3) is 0.818. The maximum atomic E-state index is 5.32. The molecule has 0 aromatic carbocycles. The number of hydrogen-bond donors (Lipinski definition) is 1. The largest absolute Gasteiger partial charge is 0.324 e. The van der Waals surface area contributed by atoms with Crippen LogP contribution in [-0.2, 0) is 0 Å². The average molecular weight is 222 g/mol. The molecule has 0 spiro atoms. The molecule has 2 aliphatic rings. The first-order valence-corrected chi connectivity index (χ1v) is 6.14. The van der Waals surface area contributed by atoms with Crippen LogP contribution >= 0.6 is 0 Å². The van der Waals surface area contributed by atoms with Gasteiger partial charge in [0.1, 0.15) is 0 Å². The second-order valence-electron chi connectivity index (χ2n) is 4.76.